The average Bonchev–Trinajstić information content (AvgIpc) is 2.02. The van der Waals surface area contributed by atoms with Crippen molar-refractivity contribution >= 4 is 5.91 Å². The largest absolute Gasteiger partial charge is 0.344 e. The monoisotopic (exact) mass is 200 g/mol. The van der Waals surface area contributed by atoms with Crippen LogP contribution in [0.4, 0.5) is 0 Å². The molecule has 0 heterocycles. The zero-order chi connectivity index (χ0) is 11.4. The molecule has 0 aromatic carbocycles. The van der Waals surface area contributed by atoms with Crippen LogP contribution in [0.1, 0.15) is 34.1 Å². The Bertz CT molecular complexity index is 184. The van der Waals surface area contributed by atoms with Crippen LogP contribution < -0.4 is 5.73 Å². The summed E-state index contributed by atoms with van der Waals surface area (Å²) in [5.41, 5.74) is 5.58. The van der Waals surface area contributed by atoms with Gasteiger partial charge in [-0.2, -0.15) is 0 Å². The van der Waals surface area contributed by atoms with Crippen molar-refractivity contribution in [2.45, 2.75) is 34.1 Å². The van der Waals surface area contributed by atoms with Crippen LogP contribution in [-0.2, 0) is 4.79 Å². The van der Waals surface area contributed by atoms with Gasteiger partial charge in [0.1, 0.15) is 0 Å². The van der Waals surface area contributed by atoms with Crippen molar-refractivity contribution in [3.8, 4) is 0 Å². The third kappa shape index (κ3) is 4.61. The minimum Gasteiger partial charge on any atom is -0.344 e. The SMILES string of the molecule is CC(CC(=O)N(C)CCN)C(C)(C)C. The zero-order valence-electron chi connectivity index (χ0n) is 10.1. The van der Waals surface area contributed by atoms with Gasteiger partial charge in [-0.05, 0) is 11.3 Å². The van der Waals surface area contributed by atoms with Gasteiger partial charge in [-0.25, -0.2) is 0 Å². The lowest BCUT2D eigenvalue weighted by Crippen LogP contribution is -2.34. The highest BCUT2D eigenvalue weighted by molar-refractivity contribution is 5.76. The summed E-state index contributed by atoms with van der Waals surface area (Å²) in [6.07, 6.45) is 0.611. The van der Waals surface area contributed by atoms with E-state index in [1.54, 1.807) is 4.90 Å². The summed E-state index contributed by atoms with van der Waals surface area (Å²) in [4.78, 5) is 13.4. The Labute approximate surface area is 87.6 Å². The van der Waals surface area contributed by atoms with Gasteiger partial charge in [0.25, 0.3) is 0 Å². The lowest BCUT2D eigenvalue weighted by Gasteiger charge is -2.28. The molecule has 84 valence electrons. The number of hydrogen-bond donors (Lipinski definition) is 1. The maximum Gasteiger partial charge on any atom is 0.222 e. The standard InChI is InChI=1S/C11H24N2O/c1-9(11(2,3)4)8-10(14)13(5)7-6-12/h9H,6-8,12H2,1-5H3. The van der Waals surface area contributed by atoms with Gasteiger partial charge in [0.15, 0.2) is 0 Å². The highest BCUT2D eigenvalue weighted by Crippen LogP contribution is 2.28. The fraction of sp³-hybridized carbons (Fsp3) is 0.909. The van der Waals surface area contributed by atoms with Gasteiger partial charge in [-0.3, -0.25) is 4.79 Å². The van der Waals surface area contributed by atoms with Crippen LogP contribution in [0.2, 0.25) is 0 Å². The normalized spacial score (nSPS) is 13.9. The van der Waals surface area contributed by atoms with Crippen LogP contribution in [0.15, 0.2) is 0 Å². The van der Waals surface area contributed by atoms with Gasteiger partial charge in [0.05, 0.1) is 0 Å². The topological polar surface area (TPSA) is 46.3 Å². The molecular weight excluding hydrogens is 176 g/mol. The predicted molar refractivity (Wildman–Crippen MR) is 59.9 cm³/mol. The van der Waals surface area contributed by atoms with E-state index >= 15 is 0 Å². The highest BCUT2D eigenvalue weighted by atomic mass is 16.2. The smallest absolute Gasteiger partial charge is 0.222 e. The van der Waals surface area contributed by atoms with Crippen LogP contribution >= 0.6 is 0 Å². The molecule has 0 aromatic heterocycles. The molecule has 1 atom stereocenters. The fourth-order valence-electron chi connectivity index (χ4n) is 1.04. The third-order valence-corrected chi connectivity index (χ3v) is 2.85. The van der Waals surface area contributed by atoms with Crippen LogP contribution in [-0.4, -0.2) is 30.9 Å². The summed E-state index contributed by atoms with van der Waals surface area (Å²) in [6.45, 7) is 9.78. The molecule has 1 unspecified atom stereocenters. The first kappa shape index (κ1) is 13.4. The Balaban J connectivity index is 4.06. The number of carbonyl (C=O) groups is 1. The molecule has 0 spiro atoms. The summed E-state index contributed by atoms with van der Waals surface area (Å²) in [5.74, 6) is 0.591. The van der Waals surface area contributed by atoms with E-state index in [1.807, 2.05) is 7.05 Å². The Morgan fingerprint density at radius 1 is 1.43 bits per heavy atom. The molecule has 1 amide bonds. The molecule has 0 radical (unpaired) electrons. The molecule has 0 fully saturated rings. The number of carbonyl (C=O) groups excluding carboxylic acids is 1. The quantitative estimate of drug-likeness (QED) is 0.747. The van der Waals surface area contributed by atoms with E-state index < -0.39 is 0 Å². The molecule has 0 saturated heterocycles. The van der Waals surface area contributed by atoms with Crippen LogP contribution in [0.5, 0.6) is 0 Å². The molecule has 0 aliphatic heterocycles. The Kier molecular flexibility index (Phi) is 5.13. The number of nitrogens with two attached hydrogens (primary N) is 1. The molecule has 2 N–H and O–H groups in total. The number of nitrogens with zero attached hydrogens (tertiary/aromatic N) is 1. The number of hydrogen-bond acceptors (Lipinski definition) is 2. The first-order valence-corrected chi connectivity index (χ1v) is 5.23. The summed E-state index contributed by atoms with van der Waals surface area (Å²) in [6, 6.07) is 0. The average molecular weight is 200 g/mol. The van der Waals surface area contributed by atoms with E-state index in [0.29, 0.717) is 25.4 Å². The van der Waals surface area contributed by atoms with Crippen molar-refractivity contribution in [3.05, 3.63) is 0 Å². The second-order valence-corrected chi connectivity index (χ2v) is 5.08. The summed E-state index contributed by atoms with van der Waals surface area (Å²) < 4.78 is 0. The van der Waals surface area contributed by atoms with E-state index in [-0.39, 0.29) is 11.3 Å². The van der Waals surface area contributed by atoms with Gasteiger partial charge in [-0.15, -0.1) is 0 Å². The maximum atomic E-state index is 11.7. The van der Waals surface area contributed by atoms with Gasteiger partial charge < -0.3 is 10.6 Å². The highest BCUT2D eigenvalue weighted by Gasteiger charge is 2.23. The van der Waals surface area contributed by atoms with Crippen molar-refractivity contribution in [2.24, 2.45) is 17.1 Å². The lowest BCUT2D eigenvalue weighted by molar-refractivity contribution is -0.131. The molecule has 0 aromatic rings. The summed E-state index contributed by atoms with van der Waals surface area (Å²) in [5, 5.41) is 0. The van der Waals surface area contributed by atoms with E-state index in [4.69, 9.17) is 5.73 Å². The maximum absolute atomic E-state index is 11.7. The van der Waals surface area contributed by atoms with Crippen molar-refractivity contribution in [1.29, 1.82) is 0 Å². The molecule has 3 nitrogen and oxygen atoms in total. The zero-order valence-corrected chi connectivity index (χ0v) is 10.1. The molecule has 0 bridgehead atoms. The second kappa shape index (κ2) is 5.35. The number of amides is 1. The molecule has 0 rings (SSSR count). The molecule has 3 heteroatoms. The van der Waals surface area contributed by atoms with Crippen molar-refractivity contribution < 1.29 is 4.79 Å². The molecule has 14 heavy (non-hydrogen) atoms. The van der Waals surface area contributed by atoms with Gasteiger partial charge >= 0.3 is 0 Å². The van der Waals surface area contributed by atoms with Crippen LogP contribution in [0.25, 0.3) is 0 Å². The number of rotatable bonds is 4. The fourth-order valence-corrected chi connectivity index (χ4v) is 1.04. The van der Waals surface area contributed by atoms with E-state index in [1.165, 1.54) is 0 Å². The number of likely N-dealkylation sites (N-methyl/N-ethyl adjacent to an activating group) is 1. The molecule has 0 aliphatic rings. The first-order chi connectivity index (χ1) is 6.29. The minimum atomic E-state index is 0.192. The van der Waals surface area contributed by atoms with Crippen molar-refractivity contribution in [3.63, 3.8) is 0 Å². The lowest BCUT2D eigenvalue weighted by atomic mass is 9.80. The molecule has 0 aliphatic carbocycles. The van der Waals surface area contributed by atoms with Crippen molar-refractivity contribution in [2.75, 3.05) is 20.1 Å². The molecule has 0 saturated carbocycles. The van der Waals surface area contributed by atoms with E-state index in [0.717, 1.165) is 0 Å². The third-order valence-electron chi connectivity index (χ3n) is 2.85. The van der Waals surface area contributed by atoms with E-state index in [2.05, 4.69) is 27.7 Å². The Hall–Kier alpha value is -0.570. The van der Waals surface area contributed by atoms with Crippen molar-refractivity contribution in [1.82, 2.24) is 4.90 Å². The summed E-state index contributed by atoms with van der Waals surface area (Å²) >= 11 is 0. The first-order valence-electron chi connectivity index (χ1n) is 5.23. The van der Waals surface area contributed by atoms with Gasteiger partial charge in [0, 0.05) is 26.6 Å². The van der Waals surface area contributed by atoms with Gasteiger partial charge in [-0.1, -0.05) is 27.7 Å². The Morgan fingerprint density at radius 2 is 1.93 bits per heavy atom. The predicted octanol–water partition coefficient (Wildman–Crippen LogP) is 1.48. The second-order valence-electron chi connectivity index (χ2n) is 5.08. The van der Waals surface area contributed by atoms with Gasteiger partial charge in [0.2, 0.25) is 5.91 Å². The molecular formula is C11H24N2O. The summed E-state index contributed by atoms with van der Waals surface area (Å²) in [7, 11) is 1.81. The minimum absolute atomic E-state index is 0.192. The van der Waals surface area contributed by atoms with Crippen LogP contribution in [0, 0.1) is 11.3 Å². The van der Waals surface area contributed by atoms with E-state index in [9.17, 15) is 4.79 Å². The Morgan fingerprint density at radius 3 is 2.29 bits per heavy atom. The van der Waals surface area contributed by atoms with Crippen LogP contribution in [0.3, 0.4) is 0 Å².